The van der Waals surface area contributed by atoms with E-state index in [1.165, 1.54) is 18.2 Å². The molecule has 3 rings (SSSR count). The fraction of sp³-hybridized carbons (Fsp3) is 0.591. The summed E-state index contributed by atoms with van der Waals surface area (Å²) >= 11 is 0. The Morgan fingerprint density at radius 1 is 1.28 bits per heavy atom. The second-order valence-electron chi connectivity index (χ2n) is 8.27. The third kappa shape index (κ3) is 7.45. The van der Waals surface area contributed by atoms with Gasteiger partial charge < -0.3 is 24.5 Å². The van der Waals surface area contributed by atoms with E-state index in [0.717, 1.165) is 0 Å². The first-order valence-corrected chi connectivity index (χ1v) is 10.8. The number of halogens is 1. The van der Waals surface area contributed by atoms with Crippen LogP contribution >= 0.6 is 0 Å². The maximum Gasteiger partial charge on any atom is 0.441 e. The van der Waals surface area contributed by atoms with Crippen LogP contribution in [0.15, 0.2) is 27.4 Å². The van der Waals surface area contributed by atoms with Crippen LogP contribution in [0.25, 0.3) is 11.0 Å². The zero-order valence-corrected chi connectivity index (χ0v) is 19.4. The molecule has 2 N–H and O–H groups in total. The molecule has 2 heterocycles. The van der Waals surface area contributed by atoms with E-state index in [4.69, 9.17) is 9.15 Å². The van der Waals surface area contributed by atoms with Gasteiger partial charge in [0.05, 0.1) is 11.5 Å². The van der Waals surface area contributed by atoms with Crippen LogP contribution in [0.1, 0.15) is 34.6 Å². The molecule has 1 aromatic carbocycles. The van der Waals surface area contributed by atoms with E-state index in [2.05, 4.69) is 10.3 Å². The summed E-state index contributed by atoms with van der Waals surface area (Å²) in [6.07, 6.45) is -1.09. The molecular formula is C22H33FN4O5. The van der Waals surface area contributed by atoms with E-state index in [1.54, 1.807) is 4.90 Å². The number of amides is 1. The van der Waals surface area contributed by atoms with Crippen molar-refractivity contribution in [2.75, 3.05) is 44.6 Å². The lowest BCUT2D eigenvalue weighted by Gasteiger charge is -2.36. The average Bonchev–Trinajstić information content (AvgIpc) is 2.73. The Kier molecular flexibility index (Phi) is 8.97. The Hall–Kier alpha value is -2.72. The van der Waals surface area contributed by atoms with Gasteiger partial charge in [0.2, 0.25) is 0 Å². The number of hydrogen-bond donors (Lipinski definition) is 2. The molecule has 1 unspecified atom stereocenters. The predicted octanol–water partition coefficient (Wildman–Crippen LogP) is 2.68. The van der Waals surface area contributed by atoms with Crippen LogP contribution < -0.4 is 11.1 Å². The van der Waals surface area contributed by atoms with Gasteiger partial charge in [-0.05, 0) is 39.0 Å². The van der Waals surface area contributed by atoms with Gasteiger partial charge in [-0.15, -0.1) is 0 Å². The van der Waals surface area contributed by atoms with Gasteiger partial charge in [0.15, 0.2) is 0 Å². The minimum atomic E-state index is -0.802. The maximum absolute atomic E-state index is 13.5. The van der Waals surface area contributed by atoms with Crippen molar-refractivity contribution in [3.63, 3.8) is 0 Å². The van der Waals surface area contributed by atoms with Crippen molar-refractivity contribution in [3.05, 3.63) is 34.6 Å². The van der Waals surface area contributed by atoms with Crippen molar-refractivity contribution in [1.29, 1.82) is 0 Å². The first-order chi connectivity index (χ1) is 15.1. The molecule has 0 saturated carbocycles. The second-order valence-corrected chi connectivity index (χ2v) is 8.27. The normalized spacial score (nSPS) is 15.7. The van der Waals surface area contributed by atoms with Gasteiger partial charge in [-0.1, -0.05) is 13.8 Å². The van der Waals surface area contributed by atoms with E-state index in [1.807, 2.05) is 39.5 Å². The first kappa shape index (κ1) is 25.5. The fourth-order valence-corrected chi connectivity index (χ4v) is 3.20. The molecule has 1 aliphatic rings. The number of anilines is 1. The number of hydrogen-bond acceptors (Lipinski definition) is 8. The largest absolute Gasteiger partial charge is 0.444 e. The van der Waals surface area contributed by atoms with Crippen LogP contribution in [0.5, 0.6) is 0 Å². The molecular weight excluding hydrogens is 419 g/mol. The molecule has 1 atom stereocenters. The van der Waals surface area contributed by atoms with Gasteiger partial charge in [0, 0.05) is 39.3 Å². The van der Waals surface area contributed by atoms with Gasteiger partial charge in [-0.3, -0.25) is 4.90 Å². The van der Waals surface area contributed by atoms with Crippen molar-refractivity contribution in [3.8, 4) is 0 Å². The van der Waals surface area contributed by atoms with E-state index in [9.17, 15) is 19.1 Å². The first-order valence-electron chi connectivity index (χ1n) is 10.8. The molecule has 0 spiro atoms. The number of carbonyl (C=O) groups excluding carboxylic acids is 1. The maximum atomic E-state index is 13.5. The summed E-state index contributed by atoms with van der Waals surface area (Å²) in [4.78, 5) is 31.1. The van der Waals surface area contributed by atoms with Crippen LogP contribution in [-0.4, -0.2) is 77.0 Å². The summed E-state index contributed by atoms with van der Waals surface area (Å²) in [7, 11) is 0. The summed E-state index contributed by atoms with van der Waals surface area (Å²) in [6, 6.07) is 3.77. The van der Waals surface area contributed by atoms with Gasteiger partial charge in [-0.25, -0.2) is 14.0 Å². The Labute approximate surface area is 187 Å². The number of aliphatic hydroxyl groups is 1. The topological polar surface area (TPSA) is 108 Å². The predicted molar refractivity (Wildman–Crippen MR) is 120 cm³/mol. The fourth-order valence-electron chi connectivity index (χ4n) is 3.20. The molecule has 1 amide bonds. The summed E-state index contributed by atoms with van der Waals surface area (Å²) in [5, 5.41) is 13.6. The molecule has 0 radical (unpaired) electrons. The number of aromatic nitrogens is 1. The number of piperazine rings is 1. The highest BCUT2D eigenvalue weighted by Gasteiger charge is 2.26. The van der Waals surface area contributed by atoms with E-state index in [0.29, 0.717) is 38.1 Å². The quantitative estimate of drug-likeness (QED) is 0.713. The highest BCUT2D eigenvalue weighted by atomic mass is 19.1. The number of ether oxygens (including phenoxy) is 1. The number of benzene rings is 1. The number of carbonyl (C=O) groups is 1. The molecule has 2 aromatic rings. The van der Waals surface area contributed by atoms with Crippen molar-refractivity contribution in [2.24, 2.45) is 0 Å². The number of nitrogens with zero attached hydrogens (tertiary/aromatic N) is 3. The number of rotatable bonds is 5. The molecule has 0 bridgehead atoms. The van der Waals surface area contributed by atoms with Crippen molar-refractivity contribution in [1.82, 2.24) is 14.8 Å². The monoisotopic (exact) mass is 452 g/mol. The van der Waals surface area contributed by atoms with Gasteiger partial charge in [0.1, 0.15) is 22.8 Å². The van der Waals surface area contributed by atoms with Gasteiger partial charge >= 0.3 is 11.8 Å². The number of nitrogens with one attached hydrogen (secondary N) is 1. The third-order valence-electron chi connectivity index (χ3n) is 4.60. The number of aliphatic hydroxyl groups excluding tert-OH is 1. The average molecular weight is 453 g/mol. The van der Waals surface area contributed by atoms with Crippen molar-refractivity contribution in [2.45, 2.75) is 46.3 Å². The van der Waals surface area contributed by atoms with Crippen molar-refractivity contribution < 1.29 is 23.4 Å². The number of β-amino-alcohol motifs (C(OH)–C–C–N with tert-alkyl or cyclic N) is 1. The lowest BCUT2D eigenvalue weighted by Crippen LogP contribution is -2.52. The molecule has 1 aromatic heterocycles. The van der Waals surface area contributed by atoms with Crippen LogP contribution in [0.3, 0.4) is 0 Å². The second kappa shape index (κ2) is 11.2. The highest BCUT2D eigenvalue weighted by molar-refractivity contribution is 5.87. The molecule has 1 fully saturated rings. The molecule has 1 saturated heterocycles. The molecule has 0 aliphatic carbocycles. The van der Waals surface area contributed by atoms with Crippen LogP contribution in [0, 0.1) is 5.82 Å². The third-order valence-corrected chi connectivity index (χ3v) is 4.60. The summed E-state index contributed by atoms with van der Waals surface area (Å²) in [5.74, 6) is -1.12. The molecule has 1 aliphatic heterocycles. The summed E-state index contributed by atoms with van der Waals surface area (Å²) < 4.78 is 23.9. The smallest absolute Gasteiger partial charge is 0.441 e. The molecule has 10 heteroatoms. The van der Waals surface area contributed by atoms with E-state index < -0.39 is 23.3 Å². The van der Waals surface area contributed by atoms with Crippen LogP contribution in [0.4, 0.5) is 15.0 Å². The Bertz CT molecular complexity index is 951. The number of fused-ring (bicyclic) bond motifs is 1. The molecule has 178 valence electrons. The van der Waals surface area contributed by atoms with Gasteiger partial charge in [0.25, 0.3) is 0 Å². The minimum Gasteiger partial charge on any atom is -0.444 e. The van der Waals surface area contributed by atoms with Crippen LogP contribution in [0.2, 0.25) is 0 Å². The Morgan fingerprint density at radius 3 is 2.56 bits per heavy atom. The SMILES string of the molecule is CC.CC(C)(C)OC(=O)N1CCN(CC(O)CNc2nc(=O)oc3ccc(F)cc23)CC1. The highest BCUT2D eigenvalue weighted by Crippen LogP contribution is 2.20. The lowest BCUT2D eigenvalue weighted by molar-refractivity contribution is 0.0108. The zero-order chi connectivity index (χ0) is 23.9. The Balaban J connectivity index is 0.00000176. The Morgan fingerprint density at radius 2 is 1.94 bits per heavy atom. The van der Waals surface area contributed by atoms with E-state index >= 15 is 0 Å². The molecule has 9 nitrogen and oxygen atoms in total. The van der Waals surface area contributed by atoms with Gasteiger partial charge in [-0.2, -0.15) is 4.98 Å². The summed E-state index contributed by atoms with van der Waals surface area (Å²) in [5.41, 5.74) is -0.321. The molecule has 32 heavy (non-hydrogen) atoms. The minimum absolute atomic E-state index is 0.119. The summed E-state index contributed by atoms with van der Waals surface area (Å²) in [6.45, 7) is 12.2. The lowest BCUT2D eigenvalue weighted by atomic mass is 10.2. The van der Waals surface area contributed by atoms with Crippen molar-refractivity contribution >= 4 is 22.9 Å². The van der Waals surface area contributed by atoms with E-state index in [-0.39, 0.29) is 24.0 Å². The zero-order valence-electron chi connectivity index (χ0n) is 19.4. The standard InChI is InChI=1S/C20H27FN4O5.C2H6/c1-20(2,3)30-19(28)25-8-6-24(7-9-25)12-14(26)11-22-17-15-10-13(21)4-5-16(15)29-18(27)23-17;1-2/h4-5,10,14,26H,6-9,11-12H2,1-3H3,(H,22,23,27);1-2H3. The van der Waals surface area contributed by atoms with Crippen LogP contribution in [-0.2, 0) is 4.74 Å².